The third-order valence-electron chi connectivity index (χ3n) is 3.73. The number of hydrogen-bond donors (Lipinski definition) is 1. The third-order valence-corrected chi connectivity index (χ3v) is 3.73. The van der Waals surface area contributed by atoms with E-state index in [1.807, 2.05) is 60.7 Å². The number of benzene rings is 2. The van der Waals surface area contributed by atoms with Crippen LogP contribution in [0, 0.1) is 5.92 Å². The van der Waals surface area contributed by atoms with Crippen molar-refractivity contribution in [1.82, 2.24) is 5.32 Å². The molecule has 100 valence electrons. The molecule has 2 unspecified atom stereocenters. The Morgan fingerprint density at radius 3 is 2.05 bits per heavy atom. The van der Waals surface area contributed by atoms with Crippen molar-refractivity contribution in [2.75, 3.05) is 0 Å². The molecule has 0 radical (unpaired) electrons. The molecule has 3 nitrogen and oxygen atoms in total. The van der Waals surface area contributed by atoms with Crippen molar-refractivity contribution in [2.24, 2.45) is 5.92 Å². The molecule has 2 amide bonds. The highest BCUT2D eigenvalue weighted by Crippen LogP contribution is 2.32. The van der Waals surface area contributed by atoms with Crippen LogP contribution >= 0.6 is 0 Å². The molecule has 1 saturated heterocycles. The molecule has 1 N–H and O–H groups in total. The minimum Gasteiger partial charge on any atom is -0.296 e. The lowest BCUT2D eigenvalue weighted by Gasteiger charge is -2.15. The lowest BCUT2D eigenvalue weighted by molar-refractivity contribution is -0.125. The first-order valence-electron chi connectivity index (χ1n) is 6.69. The summed E-state index contributed by atoms with van der Waals surface area (Å²) in [5.74, 6) is -1.08. The fourth-order valence-electron chi connectivity index (χ4n) is 2.75. The first-order chi connectivity index (χ1) is 9.75. The zero-order valence-corrected chi connectivity index (χ0v) is 11.0. The highest BCUT2D eigenvalue weighted by atomic mass is 16.2. The van der Waals surface area contributed by atoms with Crippen LogP contribution < -0.4 is 5.32 Å². The van der Waals surface area contributed by atoms with Gasteiger partial charge in [-0.2, -0.15) is 0 Å². The number of nitrogens with one attached hydrogen (secondary N) is 1. The van der Waals surface area contributed by atoms with Gasteiger partial charge in [0.05, 0.1) is 11.8 Å². The van der Waals surface area contributed by atoms with Gasteiger partial charge in [-0.05, 0) is 17.5 Å². The summed E-state index contributed by atoms with van der Waals surface area (Å²) in [6.45, 7) is 0. The molecule has 1 aliphatic heterocycles. The van der Waals surface area contributed by atoms with Crippen molar-refractivity contribution >= 4 is 11.8 Å². The largest absolute Gasteiger partial charge is 0.296 e. The monoisotopic (exact) mass is 265 g/mol. The first kappa shape index (κ1) is 12.6. The lowest BCUT2D eigenvalue weighted by atomic mass is 9.84. The van der Waals surface area contributed by atoms with Gasteiger partial charge in [0, 0.05) is 0 Å². The van der Waals surface area contributed by atoms with Crippen molar-refractivity contribution in [2.45, 2.75) is 12.3 Å². The summed E-state index contributed by atoms with van der Waals surface area (Å²) >= 11 is 0. The highest BCUT2D eigenvalue weighted by Gasteiger charge is 2.42. The highest BCUT2D eigenvalue weighted by molar-refractivity contribution is 6.07. The molecular weight excluding hydrogens is 250 g/mol. The van der Waals surface area contributed by atoms with E-state index in [0.29, 0.717) is 6.42 Å². The molecule has 20 heavy (non-hydrogen) atoms. The number of amides is 2. The van der Waals surface area contributed by atoms with Crippen molar-refractivity contribution < 1.29 is 9.59 Å². The van der Waals surface area contributed by atoms with Crippen LogP contribution in [0.1, 0.15) is 17.0 Å². The van der Waals surface area contributed by atoms with Crippen LogP contribution in [0.5, 0.6) is 0 Å². The molecule has 1 heterocycles. The standard InChI is InChI=1S/C17H15NO2/c19-16-14(11-12-7-3-1-4-8-12)15(17(20)18-16)13-9-5-2-6-10-13/h1-10,14-15H,11H2,(H,18,19,20). The fraction of sp³-hybridized carbons (Fsp3) is 0.176. The number of hydrogen-bond acceptors (Lipinski definition) is 2. The van der Waals surface area contributed by atoms with Gasteiger partial charge < -0.3 is 0 Å². The van der Waals surface area contributed by atoms with E-state index in [2.05, 4.69) is 5.32 Å². The summed E-state index contributed by atoms with van der Waals surface area (Å²) in [6.07, 6.45) is 0.581. The number of rotatable bonds is 3. The SMILES string of the molecule is O=C1NC(=O)C(c2ccccc2)C1Cc1ccccc1. The van der Waals surface area contributed by atoms with E-state index in [0.717, 1.165) is 11.1 Å². The predicted molar refractivity (Wildman–Crippen MR) is 76.0 cm³/mol. The van der Waals surface area contributed by atoms with Gasteiger partial charge in [0.25, 0.3) is 0 Å². The Morgan fingerprint density at radius 1 is 0.800 bits per heavy atom. The normalized spacial score (nSPS) is 21.8. The Hall–Kier alpha value is -2.42. The van der Waals surface area contributed by atoms with Crippen molar-refractivity contribution in [3.8, 4) is 0 Å². The Morgan fingerprint density at radius 2 is 1.40 bits per heavy atom. The lowest BCUT2D eigenvalue weighted by Crippen LogP contribution is -2.22. The van der Waals surface area contributed by atoms with Crippen LogP contribution in [0.4, 0.5) is 0 Å². The Bertz CT molecular complexity index is 622. The van der Waals surface area contributed by atoms with Gasteiger partial charge in [-0.1, -0.05) is 60.7 Å². The van der Waals surface area contributed by atoms with E-state index < -0.39 is 0 Å². The number of carbonyl (C=O) groups is 2. The van der Waals surface area contributed by atoms with Gasteiger partial charge in [-0.25, -0.2) is 0 Å². The summed E-state index contributed by atoms with van der Waals surface area (Å²) in [6, 6.07) is 19.3. The molecule has 1 fully saturated rings. The molecule has 0 spiro atoms. The van der Waals surface area contributed by atoms with E-state index >= 15 is 0 Å². The Kier molecular flexibility index (Phi) is 3.33. The van der Waals surface area contributed by atoms with Crippen LogP contribution in [0.3, 0.4) is 0 Å². The number of carbonyl (C=O) groups excluding carboxylic acids is 2. The maximum Gasteiger partial charge on any atom is 0.234 e. The molecular formula is C17H15NO2. The van der Waals surface area contributed by atoms with Crippen LogP contribution in [0.2, 0.25) is 0 Å². The van der Waals surface area contributed by atoms with Gasteiger partial charge >= 0.3 is 0 Å². The molecule has 0 aromatic heterocycles. The van der Waals surface area contributed by atoms with Crippen molar-refractivity contribution in [1.29, 1.82) is 0 Å². The topological polar surface area (TPSA) is 46.2 Å². The zero-order valence-electron chi connectivity index (χ0n) is 11.0. The van der Waals surface area contributed by atoms with Gasteiger partial charge in [0.1, 0.15) is 0 Å². The summed E-state index contributed by atoms with van der Waals surface area (Å²) in [5, 5.41) is 2.46. The molecule has 0 aliphatic carbocycles. The second-order valence-corrected chi connectivity index (χ2v) is 5.04. The van der Waals surface area contributed by atoms with Crippen LogP contribution in [-0.4, -0.2) is 11.8 Å². The van der Waals surface area contributed by atoms with Crippen molar-refractivity contribution in [3.63, 3.8) is 0 Å². The maximum absolute atomic E-state index is 12.1. The first-order valence-corrected chi connectivity index (χ1v) is 6.69. The predicted octanol–water partition coefficient (Wildman–Crippen LogP) is 2.29. The van der Waals surface area contributed by atoms with Crippen molar-refractivity contribution in [3.05, 3.63) is 71.8 Å². The molecule has 3 heteroatoms. The molecule has 0 bridgehead atoms. The Balaban J connectivity index is 1.91. The quantitative estimate of drug-likeness (QED) is 0.865. The molecule has 2 aromatic rings. The molecule has 2 aromatic carbocycles. The van der Waals surface area contributed by atoms with Gasteiger partial charge in [-0.15, -0.1) is 0 Å². The minimum atomic E-state index is -0.385. The second-order valence-electron chi connectivity index (χ2n) is 5.04. The summed E-state index contributed by atoms with van der Waals surface area (Å²) in [4.78, 5) is 24.1. The molecule has 1 aliphatic rings. The van der Waals surface area contributed by atoms with E-state index in [9.17, 15) is 9.59 Å². The van der Waals surface area contributed by atoms with Crippen LogP contribution in [0.15, 0.2) is 60.7 Å². The molecule has 0 saturated carbocycles. The summed E-state index contributed by atoms with van der Waals surface area (Å²) < 4.78 is 0. The summed E-state index contributed by atoms with van der Waals surface area (Å²) in [7, 11) is 0. The molecule has 2 atom stereocenters. The average Bonchev–Trinajstić information content (AvgIpc) is 2.75. The van der Waals surface area contributed by atoms with Crippen LogP contribution in [0.25, 0.3) is 0 Å². The van der Waals surface area contributed by atoms with E-state index in [-0.39, 0.29) is 23.7 Å². The smallest absolute Gasteiger partial charge is 0.234 e. The van der Waals surface area contributed by atoms with E-state index in [1.165, 1.54) is 0 Å². The van der Waals surface area contributed by atoms with E-state index in [4.69, 9.17) is 0 Å². The Labute approximate surface area is 117 Å². The minimum absolute atomic E-state index is 0.173. The summed E-state index contributed by atoms with van der Waals surface area (Å²) in [5.41, 5.74) is 1.97. The van der Waals surface area contributed by atoms with Gasteiger partial charge in [0.15, 0.2) is 0 Å². The van der Waals surface area contributed by atoms with Gasteiger partial charge in [-0.3, -0.25) is 14.9 Å². The van der Waals surface area contributed by atoms with Gasteiger partial charge in [0.2, 0.25) is 11.8 Å². The fourth-order valence-corrected chi connectivity index (χ4v) is 2.75. The van der Waals surface area contributed by atoms with E-state index in [1.54, 1.807) is 0 Å². The second kappa shape index (κ2) is 5.29. The maximum atomic E-state index is 12.1. The molecule has 3 rings (SSSR count). The van der Waals surface area contributed by atoms with Crippen LogP contribution in [-0.2, 0) is 16.0 Å². The average molecular weight is 265 g/mol. The zero-order chi connectivity index (χ0) is 13.9. The third kappa shape index (κ3) is 2.35. The number of imide groups is 1.